The fourth-order valence-electron chi connectivity index (χ4n) is 2.50. The maximum absolute atomic E-state index is 11.7. The van der Waals surface area contributed by atoms with Crippen molar-refractivity contribution in [1.29, 1.82) is 0 Å². The van der Waals surface area contributed by atoms with E-state index in [4.69, 9.17) is 21.1 Å². The molecule has 1 heterocycles. The maximum atomic E-state index is 11.7. The van der Waals surface area contributed by atoms with E-state index in [1.165, 1.54) is 0 Å². The van der Waals surface area contributed by atoms with Gasteiger partial charge in [-0.25, -0.2) is 9.78 Å². The first-order chi connectivity index (χ1) is 14.4. The van der Waals surface area contributed by atoms with Gasteiger partial charge < -0.3 is 14.6 Å². The van der Waals surface area contributed by atoms with E-state index in [9.17, 15) is 9.90 Å². The number of carboxylic acids is 1. The van der Waals surface area contributed by atoms with E-state index in [2.05, 4.69) is 15.2 Å². The molecule has 156 valence electrons. The van der Waals surface area contributed by atoms with Gasteiger partial charge in [-0.15, -0.1) is 5.10 Å². The number of H-pyrrole nitrogens is 1. The van der Waals surface area contributed by atoms with Gasteiger partial charge in [-0.05, 0) is 67.1 Å². The Morgan fingerprint density at radius 2 is 1.97 bits per heavy atom. The van der Waals surface area contributed by atoms with Crippen LogP contribution in [0.1, 0.15) is 23.9 Å². The minimum atomic E-state index is -1.07. The van der Waals surface area contributed by atoms with Gasteiger partial charge in [0.05, 0.1) is 6.61 Å². The van der Waals surface area contributed by atoms with Gasteiger partial charge in [0.2, 0.25) is 5.16 Å². The molecule has 0 spiro atoms. The fourth-order valence-corrected chi connectivity index (χ4v) is 3.37. The number of halogens is 1. The Kier molecular flexibility index (Phi) is 7.37. The van der Waals surface area contributed by atoms with Gasteiger partial charge in [0.25, 0.3) is 0 Å². The van der Waals surface area contributed by atoms with Crippen molar-refractivity contribution < 1.29 is 19.4 Å². The summed E-state index contributed by atoms with van der Waals surface area (Å²) in [5, 5.41) is 17.2. The number of aromatic amines is 1. The van der Waals surface area contributed by atoms with Crippen molar-refractivity contribution in [3.8, 4) is 11.5 Å². The Morgan fingerprint density at radius 1 is 1.20 bits per heavy atom. The highest BCUT2D eigenvalue weighted by Crippen LogP contribution is 2.32. The Balaban J connectivity index is 1.80. The van der Waals surface area contributed by atoms with E-state index in [1.807, 2.05) is 19.1 Å². The number of benzene rings is 2. The van der Waals surface area contributed by atoms with Crippen LogP contribution in [-0.2, 0) is 11.4 Å². The Morgan fingerprint density at radius 3 is 2.60 bits per heavy atom. The summed E-state index contributed by atoms with van der Waals surface area (Å²) in [6.07, 6.45) is 1.55. The molecule has 30 heavy (non-hydrogen) atoms. The second-order valence-electron chi connectivity index (χ2n) is 6.17. The van der Waals surface area contributed by atoms with Gasteiger partial charge in [0, 0.05) is 5.02 Å². The minimum Gasteiger partial charge on any atom is -0.490 e. The summed E-state index contributed by atoms with van der Waals surface area (Å²) < 4.78 is 11.6. The molecule has 3 aromatic rings. The molecule has 1 aromatic heterocycles. The molecule has 7 nitrogen and oxygen atoms in total. The average molecular weight is 446 g/mol. The highest BCUT2D eigenvalue weighted by atomic mass is 35.5. The summed E-state index contributed by atoms with van der Waals surface area (Å²) in [6, 6.07) is 12.7. The topological polar surface area (TPSA) is 97.3 Å². The van der Waals surface area contributed by atoms with E-state index >= 15 is 0 Å². The van der Waals surface area contributed by atoms with E-state index in [0.717, 1.165) is 17.3 Å². The normalized spacial score (nSPS) is 11.4. The van der Waals surface area contributed by atoms with Crippen molar-refractivity contribution >= 4 is 35.4 Å². The van der Waals surface area contributed by atoms with E-state index < -0.39 is 5.97 Å². The van der Waals surface area contributed by atoms with Gasteiger partial charge >= 0.3 is 5.97 Å². The maximum Gasteiger partial charge on any atom is 0.342 e. The third-order valence-electron chi connectivity index (χ3n) is 3.86. The number of carboxylic acid groups (broad SMARTS) is 1. The van der Waals surface area contributed by atoms with E-state index in [-0.39, 0.29) is 4.91 Å². The van der Waals surface area contributed by atoms with Crippen LogP contribution in [0, 0.1) is 6.92 Å². The first kappa shape index (κ1) is 21.7. The lowest BCUT2D eigenvalue weighted by Gasteiger charge is -2.13. The van der Waals surface area contributed by atoms with Gasteiger partial charge in [-0.2, -0.15) is 0 Å². The highest BCUT2D eigenvalue weighted by molar-refractivity contribution is 8.04. The third kappa shape index (κ3) is 6.01. The molecule has 0 saturated carbocycles. The molecule has 0 unspecified atom stereocenters. The Bertz CT molecular complexity index is 1050. The molecular weight excluding hydrogens is 426 g/mol. The number of aryl methyl sites for hydroxylation is 1. The number of hydrogen-bond donors (Lipinski definition) is 2. The zero-order valence-corrected chi connectivity index (χ0v) is 18.0. The van der Waals surface area contributed by atoms with Crippen molar-refractivity contribution in [3.05, 3.63) is 69.3 Å². The number of aromatic nitrogens is 3. The molecule has 0 saturated heterocycles. The van der Waals surface area contributed by atoms with Crippen LogP contribution in [-0.4, -0.2) is 32.9 Å². The highest BCUT2D eigenvalue weighted by Gasteiger charge is 2.14. The predicted molar refractivity (Wildman–Crippen MR) is 116 cm³/mol. The molecule has 0 aliphatic rings. The summed E-state index contributed by atoms with van der Waals surface area (Å²) in [6.45, 7) is 4.42. The molecule has 9 heteroatoms. The van der Waals surface area contributed by atoms with Gasteiger partial charge in [0.15, 0.2) is 11.5 Å². The standard InChI is InChI=1S/C21H20ClN3O4S/c1-3-28-18-10-15(11-19(20(26)27)30-21-23-13(2)24-25-21)6-9-17(18)29-12-14-4-7-16(22)8-5-14/h4-11H,3,12H2,1-2H3,(H,26,27)(H,23,24,25)/b19-11-. The molecule has 0 amide bonds. The van der Waals surface area contributed by atoms with Crippen LogP contribution in [0.2, 0.25) is 5.02 Å². The molecule has 0 atom stereocenters. The molecule has 0 fully saturated rings. The lowest BCUT2D eigenvalue weighted by molar-refractivity contribution is -0.131. The largest absolute Gasteiger partial charge is 0.490 e. The lowest BCUT2D eigenvalue weighted by Crippen LogP contribution is -2.00. The van der Waals surface area contributed by atoms with Crippen LogP contribution in [0.15, 0.2) is 52.5 Å². The molecule has 2 N–H and O–H groups in total. The number of hydrogen-bond acceptors (Lipinski definition) is 6. The smallest absolute Gasteiger partial charge is 0.342 e. The summed E-state index contributed by atoms with van der Waals surface area (Å²) in [5.41, 5.74) is 1.63. The lowest BCUT2D eigenvalue weighted by atomic mass is 10.2. The number of thioether (sulfide) groups is 1. The molecule has 0 aliphatic carbocycles. The quantitative estimate of drug-likeness (QED) is 0.354. The van der Waals surface area contributed by atoms with Crippen LogP contribution in [0.4, 0.5) is 0 Å². The van der Waals surface area contributed by atoms with Crippen LogP contribution < -0.4 is 9.47 Å². The molecule has 2 aromatic carbocycles. The predicted octanol–water partition coefficient (Wildman–Crippen LogP) is 4.96. The van der Waals surface area contributed by atoms with Crippen molar-refractivity contribution in [3.63, 3.8) is 0 Å². The average Bonchev–Trinajstić information content (AvgIpc) is 3.13. The Hall–Kier alpha value is -2.97. The zero-order valence-electron chi connectivity index (χ0n) is 16.4. The summed E-state index contributed by atoms with van der Waals surface area (Å²) in [4.78, 5) is 15.9. The van der Waals surface area contributed by atoms with Crippen molar-refractivity contribution in [2.24, 2.45) is 0 Å². The van der Waals surface area contributed by atoms with Crippen molar-refractivity contribution in [2.45, 2.75) is 25.6 Å². The van der Waals surface area contributed by atoms with Gasteiger partial charge in [-0.1, -0.05) is 29.8 Å². The first-order valence-electron chi connectivity index (χ1n) is 9.10. The molecule has 0 bridgehead atoms. The monoisotopic (exact) mass is 445 g/mol. The molecule has 0 aliphatic heterocycles. The van der Waals surface area contributed by atoms with Gasteiger partial charge in [-0.3, -0.25) is 5.10 Å². The summed E-state index contributed by atoms with van der Waals surface area (Å²) in [7, 11) is 0. The number of nitrogens with zero attached hydrogens (tertiary/aromatic N) is 2. The SMILES string of the molecule is CCOc1cc(/C=C(\Sc2n[nH]c(C)n2)C(=O)O)ccc1OCc1ccc(Cl)cc1. The second kappa shape index (κ2) is 10.2. The van der Waals surface area contributed by atoms with E-state index in [1.54, 1.807) is 43.3 Å². The van der Waals surface area contributed by atoms with Crippen LogP contribution in [0.5, 0.6) is 11.5 Å². The third-order valence-corrected chi connectivity index (χ3v) is 4.99. The summed E-state index contributed by atoms with van der Waals surface area (Å²) >= 11 is 6.88. The zero-order chi connectivity index (χ0) is 21.5. The van der Waals surface area contributed by atoms with Crippen molar-refractivity contribution in [2.75, 3.05) is 6.61 Å². The second-order valence-corrected chi connectivity index (χ2v) is 7.62. The van der Waals surface area contributed by atoms with Crippen LogP contribution in [0.25, 0.3) is 6.08 Å². The number of rotatable bonds is 9. The molecule has 3 rings (SSSR count). The minimum absolute atomic E-state index is 0.0891. The number of ether oxygens (including phenoxy) is 2. The molecule has 0 radical (unpaired) electrons. The number of aliphatic carboxylic acids is 1. The van der Waals surface area contributed by atoms with Crippen molar-refractivity contribution in [1.82, 2.24) is 15.2 Å². The Labute approximate surface area is 183 Å². The summed E-state index contributed by atoms with van der Waals surface area (Å²) in [5.74, 6) is 0.647. The van der Waals surface area contributed by atoms with E-state index in [0.29, 0.717) is 46.3 Å². The fraction of sp³-hybridized carbons (Fsp3) is 0.190. The van der Waals surface area contributed by atoms with Crippen LogP contribution >= 0.6 is 23.4 Å². The number of carbonyl (C=O) groups is 1. The first-order valence-corrected chi connectivity index (χ1v) is 10.3. The van der Waals surface area contributed by atoms with Crippen LogP contribution in [0.3, 0.4) is 0 Å². The molecular formula is C21H20ClN3O4S. The van der Waals surface area contributed by atoms with Gasteiger partial charge in [0.1, 0.15) is 17.3 Å². The number of nitrogens with one attached hydrogen (secondary N) is 1.